The van der Waals surface area contributed by atoms with E-state index in [4.69, 9.17) is 4.43 Å². The van der Waals surface area contributed by atoms with Crippen LogP contribution in [-0.4, -0.2) is 41.6 Å². The van der Waals surface area contributed by atoms with Gasteiger partial charge in [-0.15, -0.1) is 0 Å². The molecule has 3 radical (unpaired) electrons. The molecule has 0 amide bonds. The van der Waals surface area contributed by atoms with E-state index in [1.807, 2.05) is 0 Å². The zero-order chi connectivity index (χ0) is 8.20. The Kier molecular flexibility index (Phi) is 4.16. The van der Waals surface area contributed by atoms with E-state index in [1.165, 1.54) is 0 Å². The van der Waals surface area contributed by atoms with Crippen molar-refractivity contribution in [1.82, 2.24) is 4.90 Å². The molecule has 0 rings (SSSR count). The van der Waals surface area contributed by atoms with Crippen molar-refractivity contribution in [3.63, 3.8) is 0 Å². The van der Waals surface area contributed by atoms with Crippen LogP contribution in [0.2, 0.25) is 0 Å². The summed E-state index contributed by atoms with van der Waals surface area (Å²) in [5.74, 6) is 0. The van der Waals surface area contributed by atoms with E-state index in [9.17, 15) is 0 Å². The van der Waals surface area contributed by atoms with Crippen molar-refractivity contribution in [1.29, 1.82) is 0 Å². The Labute approximate surface area is 67.1 Å². The Morgan fingerprint density at radius 2 is 1.90 bits per heavy atom. The van der Waals surface area contributed by atoms with Gasteiger partial charge in [0.2, 0.25) is 10.5 Å². The molecule has 0 aliphatic carbocycles. The maximum atomic E-state index is 5.07. The van der Waals surface area contributed by atoms with E-state index in [2.05, 4.69) is 43.3 Å². The molecule has 0 aliphatic heterocycles. The summed E-state index contributed by atoms with van der Waals surface area (Å²) >= 11 is 0. The maximum absolute atomic E-state index is 5.07. The maximum Gasteiger partial charge on any atom is 0.246 e. The predicted molar refractivity (Wildman–Crippen MR) is 44.1 cm³/mol. The van der Waals surface area contributed by atoms with Crippen LogP contribution < -0.4 is 0 Å². The second kappa shape index (κ2) is 4.11. The molecule has 0 bridgehead atoms. The lowest BCUT2D eigenvalue weighted by atomic mass is 10.1. The van der Waals surface area contributed by atoms with E-state index >= 15 is 0 Å². The zero-order valence-electron chi connectivity index (χ0n) is 7.27. The van der Waals surface area contributed by atoms with Crippen LogP contribution in [-0.2, 0) is 4.43 Å². The van der Waals surface area contributed by atoms with Crippen LogP contribution in [0.15, 0.2) is 0 Å². The van der Waals surface area contributed by atoms with Gasteiger partial charge in [-0.3, -0.25) is 0 Å². The first-order valence-corrected chi connectivity index (χ1v) is 3.88. The number of rotatable bonds is 4. The van der Waals surface area contributed by atoms with Gasteiger partial charge in [0.25, 0.3) is 0 Å². The van der Waals surface area contributed by atoms with Gasteiger partial charge in [-0.25, -0.2) is 0 Å². The van der Waals surface area contributed by atoms with E-state index in [-0.39, 0.29) is 5.60 Å². The van der Waals surface area contributed by atoms with Crippen LogP contribution in [0, 0.1) is 0 Å². The molecule has 3 heteroatoms. The van der Waals surface area contributed by atoms with Gasteiger partial charge in [0.1, 0.15) is 0 Å². The fourth-order valence-corrected chi connectivity index (χ4v) is 0.646. The first-order valence-electron chi connectivity index (χ1n) is 3.47. The minimum Gasteiger partial charge on any atom is -0.414 e. The van der Waals surface area contributed by atoms with Gasteiger partial charge in [0, 0.05) is 6.54 Å². The molecule has 0 aromatic heterocycles. The Hall–Kier alpha value is 0.137. The van der Waals surface area contributed by atoms with Crippen molar-refractivity contribution in [2.24, 2.45) is 0 Å². The summed E-state index contributed by atoms with van der Waals surface area (Å²) in [6, 6.07) is 0. The SMILES string of the molecule is CN(C)CCC(C)(C)O[Si]. The summed E-state index contributed by atoms with van der Waals surface area (Å²) in [5.41, 5.74) is -0.0544. The van der Waals surface area contributed by atoms with Crippen LogP contribution in [0.25, 0.3) is 0 Å². The van der Waals surface area contributed by atoms with Crippen LogP contribution in [0.3, 0.4) is 0 Å². The standard InChI is InChI=1S/C7H16NOSi/c1-7(2,9-10)5-6-8(3)4/h5-6H2,1-4H3. The molecule has 0 saturated heterocycles. The monoisotopic (exact) mass is 158 g/mol. The Morgan fingerprint density at radius 1 is 1.40 bits per heavy atom. The molecule has 0 atom stereocenters. The zero-order valence-corrected chi connectivity index (χ0v) is 8.27. The summed E-state index contributed by atoms with van der Waals surface area (Å²) in [7, 11) is 7.17. The third-order valence-corrected chi connectivity index (χ3v) is 1.99. The molecule has 0 unspecified atom stereocenters. The Morgan fingerprint density at radius 3 is 2.20 bits per heavy atom. The van der Waals surface area contributed by atoms with Gasteiger partial charge in [0.15, 0.2) is 0 Å². The van der Waals surface area contributed by atoms with E-state index in [0.717, 1.165) is 13.0 Å². The highest BCUT2D eigenvalue weighted by Crippen LogP contribution is 2.11. The molecule has 0 fully saturated rings. The molecular weight excluding hydrogens is 142 g/mol. The molecule has 59 valence electrons. The van der Waals surface area contributed by atoms with Gasteiger partial charge >= 0.3 is 0 Å². The molecule has 0 spiro atoms. The van der Waals surface area contributed by atoms with Gasteiger partial charge in [-0.2, -0.15) is 0 Å². The first-order chi connectivity index (χ1) is 4.48. The summed E-state index contributed by atoms with van der Waals surface area (Å²) in [4.78, 5) is 2.15. The molecule has 0 aliphatic rings. The highest BCUT2D eigenvalue weighted by Gasteiger charge is 2.14. The number of hydrogen-bond donors (Lipinski definition) is 0. The largest absolute Gasteiger partial charge is 0.414 e. The molecule has 10 heavy (non-hydrogen) atoms. The van der Waals surface area contributed by atoms with Crippen LogP contribution in [0.1, 0.15) is 20.3 Å². The van der Waals surface area contributed by atoms with Crippen molar-refractivity contribution >= 4 is 10.5 Å². The fraction of sp³-hybridized carbons (Fsp3) is 1.00. The summed E-state index contributed by atoms with van der Waals surface area (Å²) in [6.45, 7) is 5.17. The second-order valence-corrected chi connectivity index (χ2v) is 3.62. The second-order valence-electron chi connectivity index (χ2n) is 3.42. The lowest BCUT2D eigenvalue weighted by molar-refractivity contribution is 0.102. The van der Waals surface area contributed by atoms with E-state index in [0.29, 0.717) is 0 Å². The van der Waals surface area contributed by atoms with Crippen molar-refractivity contribution in [2.45, 2.75) is 25.9 Å². The number of nitrogens with zero attached hydrogens (tertiary/aromatic N) is 1. The van der Waals surface area contributed by atoms with Crippen LogP contribution in [0.5, 0.6) is 0 Å². The Bertz CT molecular complexity index is 93.6. The number of hydrogen-bond acceptors (Lipinski definition) is 2. The van der Waals surface area contributed by atoms with E-state index < -0.39 is 0 Å². The lowest BCUT2D eigenvalue weighted by Gasteiger charge is -2.24. The van der Waals surface area contributed by atoms with Gasteiger partial charge in [-0.05, 0) is 34.4 Å². The minimum absolute atomic E-state index is 0.0544. The molecule has 0 N–H and O–H groups in total. The molecule has 0 heterocycles. The lowest BCUT2D eigenvalue weighted by Crippen LogP contribution is -2.28. The molecule has 0 saturated carbocycles. The quantitative estimate of drug-likeness (QED) is 0.562. The first kappa shape index (κ1) is 10.1. The third-order valence-electron chi connectivity index (χ3n) is 1.44. The fourth-order valence-electron chi connectivity index (χ4n) is 0.544. The summed E-state index contributed by atoms with van der Waals surface area (Å²) < 4.78 is 5.07. The third kappa shape index (κ3) is 4.96. The molecule has 2 nitrogen and oxygen atoms in total. The van der Waals surface area contributed by atoms with Crippen LogP contribution >= 0.6 is 0 Å². The van der Waals surface area contributed by atoms with E-state index in [1.54, 1.807) is 0 Å². The smallest absolute Gasteiger partial charge is 0.246 e. The topological polar surface area (TPSA) is 12.5 Å². The van der Waals surface area contributed by atoms with Crippen molar-refractivity contribution in [2.75, 3.05) is 20.6 Å². The average Bonchev–Trinajstić information content (AvgIpc) is 1.85. The average molecular weight is 158 g/mol. The van der Waals surface area contributed by atoms with Gasteiger partial charge in [0.05, 0.1) is 5.60 Å². The molecule has 0 aromatic rings. The van der Waals surface area contributed by atoms with Crippen molar-refractivity contribution < 1.29 is 4.43 Å². The Balaban J connectivity index is 3.46. The predicted octanol–water partition coefficient (Wildman–Crippen LogP) is 0.817. The summed E-state index contributed by atoms with van der Waals surface area (Å²) in [5, 5.41) is 0. The highest BCUT2D eigenvalue weighted by atomic mass is 28.2. The van der Waals surface area contributed by atoms with Crippen LogP contribution in [0.4, 0.5) is 0 Å². The van der Waals surface area contributed by atoms with Gasteiger partial charge in [-0.1, -0.05) is 0 Å². The molecular formula is C7H16NOSi. The summed E-state index contributed by atoms with van der Waals surface area (Å²) in [6.07, 6.45) is 1.03. The highest BCUT2D eigenvalue weighted by molar-refractivity contribution is 5.98. The van der Waals surface area contributed by atoms with Crippen molar-refractivity contribution in [3.8, 4) is 0 Å². The molecule has 0 aromatic carbocycles. The van der Waals surface area contributed by atoms with Crippen molar-refractivity contribution in [3.05, 3.63) is 0 Å². The van der Waals surface area contributed by atoms with Gasteiger partial charge < -0.3 is 9.33 Å². The minimum atomic E-state index is -0.0544. The normalized spacial score (nSPS) is 12.6.